The molecule has 1 rings (SSSR count). The van der Waals surface area contributed by atoms with Crippen molar-refractivity contribution < 1.29 is 13.2 Å². The maximum Gasteiger partial charge on any atom is 0.406 e. The van der Waals surface area contributed by atoms with E-state index >= 15 is 0 Å². The van der Waals surface area contributed by atoms with Crippen LogP contribution in [0.4, 0.5) is 18.3 Å². The Kier molecular flexibility index (Phi) is 4.11. The predicted octanol–water partition coefficient (Wildman–Crippen LogP) is 2.30. The number of anilines is 1. The van der Waals surface area contributed by atoms with E-state index in [0.717, 1.165) is 16.2 Å². The van der Waals surface area contributed by atoms with E-state index < -0.39 is 12.7 Å². The van der Waals surface area contributed by atoms with E-state index in [0.29, 0.717) is 10.5 Å². The average molecular weight is 290 g/mol. The van der Waals surface area contributed by atoms with Crippen LogP contribution in [-0.2, 0) is 0 Å². The third-order valence-electron chi connectivity index (χ3n) is 1.34. The van der Waals surface area contributed by atoms with Crippen molar-refractivity contribution >= 4 is 32.4 Å². The third kappa shape index (κ3) is 3.79. The van der Waals surface area contributed by atoms with E-state index in [4.69, 9.17) is 0 Å². The Bertz CT molecular complexity index is 264. The molecule has 0 aliphatic carbocycles. The van der Waals surface area contributed by atoms with Crippen LogP contribution in [0.15, 0.2) is 5.51 Å². The molecule has 8 heteroatoms. The number of hydrogen-bond donors (Lipinski definition) is 0. The van der Waals surface area contributed by atoms with Gasteiger partial charge in [0.05, 0.1) is 0 Å². The summed E-state index contributed by atoms with van der Waals surface area (Å²) >= 11 is 4.19. The highest BCUT2D eigenvalue weighted by Gasteiger charge is 2.31. The SMILES string of the molecule is FC(F)(F)CN(CCBr)c1nncs1. The lowest BCUT2D eigenvalue weighted by Crippen LogP contribution is -2.35. The molecule has 0 N–H and O–H groups in total. The summed E-state index contributed by atoms with van der Waals surface area (Å²) in [4.78, 5) is 1.15. The number of aromatic nitrogens is 2. The van der Waals surface area contributed by atoms with E-state index in [9.17, 15) is 13.2 Å². The van der Waals surface area contributed by atoms with Crippen LogP contribution in [0.3, 0.4) is 0 Å². The van der Waals surface area contributed by atoms with Crippen molar-refractivity contribution in [2.45, 2.75) is 6.18 Å². The van der Waals surface area contributed by atoms with Gasteiger partial charge < -0.3 is 4.90 Å². The standard InChI is InChI=1S/C6H7BrF3N3S/c7-1-2-13(3-6(8,9)10)5-12-11-4-14-5/h4H,1-3H2. The molecular weight excluding hydrogens is 283 g/mol. The maximum absolute atomic E-state index is 12.1. The van der Waals surface area contributed by atoms with E-state index in [2.05, 4.69) is 26.1 Å². The van der Waals surface area contributed by atoms with Crippen LogP contribution in [0.1, 0.15) is 0 Å². The monoisotopic (exact) mass is 289 g/mol. The minimum Gasteiger partial charge on any atom is -0.337 e. The van der Waals surface area contributed by atoms with E-state index in [1.807, 2.05) is 0 Å². The van der Waals surface area contributed by atoms with Crippen molar-refractivity contribution in [2.75, 3.05) is 23.3 Å². The van der Waals surface area contributed by atoms with Gasteiger partial charge in [0.15, 0.2) is 0 Å². The molecule has 14 heavy (non-hydrogen) atoms. The summed E-state index contributed by atoms with van der Waals surface area (Å²) in [5, 5.41) is 7.85. The van der Waals surface area contributed by atoms with Gasteiger partial charge in [-0.25, -0.2) is 0 Å². The third-order valence-corrected chi connectivity index (χ3v) is 2.45. The van der Waals surface area contributed by atoms with Crippen LogP contribution in [0, 0.1) is 0 Å². The largest absolute Gasteiger partial charge is 0.406 e. The minimum absolute atomic E-state index is 0.259. The Hall–Kier alpha value is -0.370. The van der Waals surface area contributed by atoms with Gasteiger partial charge in [0, 0.05) is 11.9 Å². The fraction of sp³-hybridized carbons (Fsp3) is 0.667. The number of alkyl halides is 4. The average Bonchev–Trinajstić information content (AvgIpc) is 2.52. The molecule has 0 unspecified atom stereocenters. The quantitative estimate of drug-likeness (QED) is 0.797. The van der Waals surface area contributed by atoms with Crippen molar-refractivity contribution in [2.24, 2.45) is 0 Å². The highest BCUT2D eigenvalue weighted by Crippen LogP contribution is 2.22. The molecule has 0 aliphatic rings. The summed E-state index contributed by atoms with van der Waals surface area (Å²) in [7, 11) is 0. The van der Waals surface area contributed by atoms with Crippen molar-refractivity contribution in [1.29, 1.82) is 0 Å². The molecule has 0 saturated carbocycles. The molecule has 0 spiro atoms. The molecule has 1 heterocycles. The van der Waals surface area contributed by atoms with Crippen molar-refractivity contribution in [3.63, 3.8) is 0 Å². The van der Waals surface area contributed by atoms with Crippen LogP contribution >= 0.6 is 27.3 Å². The molecule has 0 atom stereocenters. The molecular formula is C6H7BrF3N3S. The highest BCUT2D eigenvalue weighted by atomic mass is 79.9. The molecule has 0 amide bonds. The van der Waals surface area contributed by atoms with Gasteiger partial charge in [0.25, 0.3) is 0 Å². The number of rotatable bonds is 4. The Labute approximate surface area is 91.1 Å². The van der Waals surface area contributed by atoms with Gasteiger partial charge in [0.2, 0.25) is 5.13 Å². The van der Waals surface area contributed by atoms with Crippen molar-refractivity contribution in [1.82, 2.24) is 10.2 Å². The first-order valence-corrected chi connectivity index (χ1v) is 5.67. The molecule has 0 radical (unpaired) electrons. The lowest BCUT2D eigenvalue weighted by atomic mass is 10.5. The zero-order valence-corrected chi connectivity index (χ0v) is 9.36. The molecule has 0 bridgehead atoms. The minimum atomic E-state index is -4.21. The summed E-state index contributed by atoms with van der Waals surface area (Å²) in [5.41, 5.74) is 1.41. The predicted molar refractivity (Wildman–Crippen MR) is 52.0 cm³/mol. The zero-order chi connectivity index (χ0) is 10.6. The van der Waals surface area contributed by atoms with Gasteiger partial charge in [-0.3, -0.25) is 0 Å². The summed E-state index contributed by atoms with van der Waals surface area (Å²) in [5.74, 6) is 0. The molecule has 3 nitrogen and oxygen atoms in total. The fourth-order valence-corrected chi connectivity index (χ4v) is 1.88. The van der Waals surface area contributed by atoms with Crippen LogP contribution in [0.5, 0.6) is 0 Å². The Balaban J connectivity index is 2.65. The van der Waals surface area contributed by atoms with Gasteiger partial charge in [-0.05, 0) is 0 Å². The summed E-state index contributed by atoms with van der Waals surface area (Å²) in [6.07, 6.45) is -4.21. The van der Waals surface area contributed by atoms with Gasteiger partial charge in [-0.2, -0.15) is 13.2 Å². The molecule has 80 valence electrons. The molecule has 0 fully saturated rings. The van der Waals surface area contributed by atoms with Gasteiger partial charge >= 0.3 is 6.18 Å². The molecule has 1 aromatic heterocycles. The van der Waals surface area contributed by atoms with E-state index in [-0.39, 0.29) is 6.54 Å². The maximum atomic E-state index is 12.1. The van der Waals surface area contributed by atoms with Crippen molar-refractivity contribution in [3.05, 3.63) is 5.51 Å². The Morgan fingerprint density at radius 2 is 2.21 bits per heavy atom. The first-order valence-electron chi connectivity index (χ1n) is 3.67. The first kappa shape index (κ1) is 11.7. The molecule has 1 aromatic rings. The molecule has 0 aromatic carbocycles. The Morgan fingerprint density at radius 1 is 1.50 bits per heavy atom. The second kappa shape index (κ2) is 4.92. The lowest BCUT2D eigenvalue weighted by Gasteiger charge is -2.21. The first-order chi connectivity index (χ1) is 6.53. The van der Waals surface area contributed by atoms with Crippen molar-refractivity contribution in [3.8, 4) is 0 Å². The van der Waals surface area contributed by atoms with Crippen LogP contribution in [-0.4, -0.2) is 34.8 Å². The zero-order valence-electron chi connectivity index (χ0n) is 6.96. The summed E-state index contributed by atoms with van der Waals surface area (Å²) < 4.78 is 36.4. The topological polar surface area (TPSA) is 29.0 Å². The number of nitrogens with zero attached hydrogens (tertiary/aromatic N) is 3. The fourth-order valence-electron chi connectivity index (χ4n) is 0.866. The van der Waals surface area contributed by atoms with Crippen LogP contribution in [0.25, 0.3) is 0 Å². The second-order valence-electron chi connectivity index (χ2n) is 2.45. The molecule has 0 aliphatic heterocycles. The number of halogens is 4. The van der Waals surface area contributed by atoms with Crippen LogP contribution in [0.2, 0.25) is 0 Å². The van der Waals surface area contributed by atoms with Gasteiger partial charge in [-0.15, -0.1) is 10.2 Å². The second-order valence-corrected chi connectivity index (χ2v) is 4.05. The smallest absolute Gasteiger partial charge is 0.337 e. The highest BCUT2D eigenvalue weighted by molar-refractivity contribution is 9.09. The van der Waals surface area contributed by atoms with E-state index in [1.165, 1.54) is 5.51 Å². The van der Waals surface area contributed by atoms with Crippen LogP contribution < -0.4 is 4.90 Å². The van der Waals surface area contributed by atoms with Gasteiger partial charge in [-0.1, -0.05) is 27.3 Å². The lowest BCUT2D eigenvalue weighted by molar-refractivity contribution is -0.119. The Morgan fingerprint density at radius 3 is 2.64 bits per heavy atom. The number of hydrogen-bond acceptors (Lipinski definition) is 4. The molecule has 0 saturated heterocycles. The normalized spacial score (nSPS) is 11.7. The summed E-state index contributed by atoms with van der Waals surface area (Å²) in [6.45, 7) is -0.734. The van der Waals surface area contributed by atoms with Gasteiger partial charge in [0.1, 0.15) is 12.1 Å². The summed E-state index contributed by atoms with van der Waals surface area (Å²) in [6, 6.07) is 0. The van der Waals surface area contributed by atoms with E-state index in [1.54, 1.807) is 0 Å².